The first-order valence-electron chi connectivity index (χ1n) is 7.48. The molecule has 112 valence electrons. The number of nitrogens with zero attached hydrogens (tertiary/aromatic N) is 3. The Morgan fingerprint density at radius 3 is 2.90 bits per heavy atom. The monoisotopic (exact) mass is 279 g/mol. The summed E-state index contributed by atoms with van der Waals surface area (Å²) in [6, 6.07) is 1.90. The summed E-state index contributed by atoms with van der Waals surface area (Å²) in [5, 5.41) is 0. The third-order valence-corrected chi connectivity index (χ3v) is 3.53. The number of likely N-dealkylation sites (N-methyl/N-ethyl adjacent to an activating group) is 1. The molecule has 1 fully saturated rings. The number of ether oxygens (including phenoxy) is 1. The van der Waals surface area contributed by atoms with Gasteiger partial charge in [-0.15, -0.1) is 0 Å². The van der Waals surface area contributed by atoms with E-state index in [0.717, 1.165) is 57.0 Å². The Labute approximate surface area is 120 Å². The van der Waals surface area contributed by atoms with Crippen LogP contribution in [-0.2, 0) is 11.2 Å². The van der Waals surface area contributed by atoms with Crippen molar-refractivity contribution in [2.45, 2.75) is 45.6 Å². The van der Waals surface area contributed by atoms with Crippen LogP contribution in [0.5, 0.6) is 0 Å². The molecular formula is C14H25N5O. The molecule has 6 heteroatoms. The van der Waals surface area contributed by atoms with E-state index >= 15 is 0 Å². The average Bonchev–Trinajstić information content (AvgIpc) is 2.97. The summed E-state index contributed by atoms with van der Waals surface area (Å²) in [6.07, 6.45) is 4.48. The molecule has 6 nitrogen and oxygen atoms in total. The van der Waals surface area contributed by atoms with Gasteiger partial charge in [-0.25, -0.2) is 15.8 Å². The van der Waals surface area contributed by atoms with Crippen LogP contribution in [-0.4, -0.2) is 35.8 Å². The van der Waals surface area contributed by atoms with E-state index in [4.69, 9.17) is 10.6 Å². The molecule has 1 aromatic rings. The Morgan fingerprint density at radius 1 is 1.45 bits per heavy atom. The van der Waals surface area contributed by atoms with Crippen molar-refractivity contribution in [3.8, 4) is 0 Å². The third kappa shape index (κ3) is 3.80. The van der Waals surface area contributed by atoms with Gasteiger partial charge in [0.15, 0.2) is 0 Å². The van der Waals surface area contributed by atoms with Gasteiger partial charge < -0.3 is 15.1 Å². The minimum absolute atomic E-state index is 0.314. The second-order valence-corrected chi connectivity index (χ2v) is 5.10. The van der Waals surface area contributed by atoms with Crippen LogP contribution in [0.4, 0.5) is 11.6 Å². The Hall–Kier alpha value is -1.40. The number of aromatic nitrogens is 2. The smallest absolute Gasteiger partial charge is 0.145 e. The molecule has 1 unspecified atom stereocenters. The minimum Gasteiger partial charge on any atom is -0.376 e. The fourth-order valence-corrected chi connectivity index (χ4v) is 2.47. The predicted octanol–water partition coefficient (Wildman–Crippen LogP) is 1.72. The molecule has 1 saturated heterocycles. The van der Waals surface area contributed by atoms with Crippen molar-refractivity contribution in [3.05, 3.63) is 11.9 Å². The first-order chi connectivity index (χ1) is 9.76. The lowest BCUT2D eigenvalue weighted by Crippen LogP contribution is -2.33. The van der Waals surface area contributed by atoms with Crippen LogP contribution in [0.25, 0.3) is 0 Å². The number of hydrogen-bond acceptors (Lipinski definition) is 6. The van der Waals surface area contributed by atoms with Gasteiger partial charge in [-0.3, -0.25) is 0 Å². The van der Waals surface area contributed by atoms with Crippen LogP contribution < -0.4 is 16.2 Å². The van der Waals surface area contributed by atoms with Crippen molar-refractivity contribution < 1.29 is 4.74 Å². The molecule has 1 aliphatic heterocycles. The van der Waals surface area contributed by atoms with Gasteiger partial charge in [0.25, 0.3) is 0 Å². The average molecular weight is 279 g/mol. The highest BCUT2D eigenvalue weighted by molar-refractivity contribution is 5.49. The third-order valence-electron chi connectivity index (χ3n) is 3.53. The highest BCUT2D eigenvalue weighted by Crippen LogP contribution is 2.20. The number of nitrogens with one attached hydrogen (secondary N) is 1. The highest BCUT2D eigenvalue weighted by atomic mass is 16.5. The maximum absolute atomic E-state index is 5.72. The van der Waals surface area contributed by atoms with Crippen molar-refractivity contribution in [3.63, 3.8) is 0 Å². The van der Waals surface area contributed by atoms with Crippen LogP contribution in [0.1, 0.15) is 38.9 Å². The molecule has 0 saturated carbocycles. The van der Waals surface area contributed by atoms with Gasteiger partial charge in [-0.05, 0) is 26.2 Å². The van der Waals surface area contributed by atoms with Gasteiger partial charge in [0.2, 0.25) is 0 Å². The second-order valence-electron chi connectivity index (χ2n) is 5.10. The van der Waals surface area contributed by atoms with Gasteiger partial charge in [0.1, 0.15) is 17.5 Å². The molecule has 20 heavy (non-hydrogen) atoms. The fraction of sp³-hybridized carbons (Fsp3) is 0.714. The first-order valence-corrected chi connectivity index (χ1v) is 7.48. The van der Waals surface area contributed by atoms with E-state index < -0.39 is 0 Å². The summed E-state index contributed by atoms with van der Waals surface area (Å²) in [6.45, 7) is 6.90. The summed E-state index contributed by atoms with van der Waals surface area (Å²) >= 11 is 0. The van der Waals surface area contributed by atoms with Crippen molar-refractivity contribution >= 4 is 11.6 Å². The standard InChI is InChI=1S/C14H25N5O/c1-3-6-12-16-13(18-15)9-14(17-12)19(4-2)10-11-7-5-8-20-11/h9,11H,3-8,10,15H2,1-2H3,(H,16,17,18). The van der Waals surface area contributed by atoms with E-state index in [0.29, 0.717) is 11.9 Å². The molecule has 0 amide bonds. The predicted molar refractivity (Wildman–Crippen MR) is 80.7 cm³/mol. The number of anilines is 2. The van der Waals surface area contributed by atoms with Crippen LogP contribution in [0, 0.1) is 0 Å². The topological polar surface area (TPSA) is 76.3 Å². The zero-order chi connectivity index (χ0) is 14.4. The van der Waals surface area contributed by atoms with Crippen LogP contribution in [0.3, 0.4) is 0 Å². The van der Waals surface area contributed by atoms with Crippen LogP contribution in [0.2, 0.25) is 0 Å². The van der Waals surface area contributed by atoms with Gasteiger partial charge >= 0.3 is 0 Å². The maximum atomic E-state index is 5.72. The Kier molecular flexibility index (Phi) is 5.55. The molecule has 2 heterocycles. The van der Waals surface area contributed by atoms with Crippen molar-refractivity contribution in [1.29, 1.82) is 0 Å². The number of nitrogen functional groups attached to an aromatic ring is 1. The lowest BCUT2D eigenvalue weighted by Gasteiger charge is -2.25. The number of hydrazine groups is 1. The second kappa shape index (κ2) is 7.40. The summed E-state index contributed by atoms with van der Waals surface area (Å²) in [5.74, 6) is 7.94. The van der Waals surface area contributed by atoms with E-state index in [1.807, 2.05) is 6.07 Å². The number of hydrogen-bond donors (Lipinski definition) is 2. The molecule has 0 aliphatic carbocycles. The fourth-order valence-electron chi connectivity index (χ4n) is 2.47. The SMILES string of the molecule is CCCc1nc(NN)cc(N(CC)CC2CCCO2)n1. The van der Waals surface area contributed by atoms with E-state index in [2.05, 4.69) is 34.1 Å². The molecule has 1 aliphatic rings. The van der Waals surface area contributed by atoms with Gasteiger partial charge in [0.05, 0.1) is 6.10 Å². The largest absolute Gasteiger partial charge is 0.376 e. The zero-order valence-electron chi connectivity index (χ0n) is 12.4. The molecule has 0 bridgehead atoms. The summed E-state index contributed by atoms with van der Waals surface area (Å²) in [7, 11) is 0. The number of rotatable bonds is 7. The molecular weight excluding hydrogens is 254 g/mol. The molecule has 0 spiro atoms. The normalized spacial score (nSPS) is 18.2. The summed E-state index contributed by atoms with van der Waals surface area (Å²) < 4.78 is 5.72. The van der Waals surface area contributed by atoms with E-state index in [9.17, 15) is 0 Å². The Bertz CT molecular complexity index is 420. The lowest BCUT2D eigenvalue weighted by molar-refractivity contribution is 0.115. The minimum atomic E-state index is 0.314. The summed E-state index contributed by atoms with van der Waals surface area (Å²) in [5.41, 5.74) is 2.63. The molecule has 0 radical (unpaired) electrons. The Morgan fingerprint density at radius 2 is 2.30 bits per heavy atom. The Balaban J connectivity index is 2.15. The van der Waals surface area contributed by atoms with Crippen LogP contribution >= 0.6 is 0 Å². The van der Waals surface area contributed by atoms with E-state index in [1.54, 1.807) is 0 Å². The molecule has 1 atom stereocenters. The zero-order valence-corrected chi connectivity index (χ0v) is 12.4. The van der Waals surface area contributed by atoms with E-state index in [-0.39, 0.29) is 0 Å². The molecule has 0 aromatic carbocycles. The quantitative estimate of drug-likeness (QED) is 0.584. The van der Waals surface area contributed by atoms with Crippen molar-refractivity contribution in [2.24, 2.45) is 5.84 Å². The molecule has 3 N–H and O–H groups in total. The first kappa shape index (κ1) is 15.0. The van der Waals surface area contributed by atoms with E-state index in [1.165, 1.54) is 0 Å². The highest BCUT2D eigenvalue weighted by Gasteiger charge is 2.20. The summed E-state index contributed by atoms with van der Waals surface area (Å²) in [4.78, 5) is 11.3. The molecule has 1 aromatic heterocycles. The van der Waals surface area contributed by atoms with Crippen LogP contribution in [0.15, 0.2) is 6.07 Å². The van der Waals surface area contributed by atoms with Gasteiger partial charge in [-0.1, -0.05) is 6.92 Å². The van der Waals surface area contributed by atoms with Gasteiger partial charge in [0, 0.05) is 32.2 Å². The maximum Gasteiger partial charge on any atom is 0.145 e. The molecule has 2 rings (SSSR count). The number of aryl methyl sites for hydroxylation is 1. The van der Waals surface area contributed by atoms with Gasteiger partial charge in [-0.2, -0.15) is 0 Å². The number of nitrogens with two attached hydrogens (primary N) is 1. The lowest BCUT2D eigenvalue weighted by atomic mass is 10.2. The van der Waals surface area contributed by atoms with Crippen molar-refractivity contribution in [2.75, 3.05) is 30.0 Å². The van der Waals surface area contributed by atoms with Crippen molar-refractivity contribution in [1.82, 2.24) is 9.97 Å².